The van der Waals surface area contributed by atoms with Crippen molar-refractivity contribution in [2.75, 3.05) is 39.9 Å². The van der Waals surface area contributed by atoms with Crippen LogP contribution in [0.3, 0.4) is 0 Å². The van der Waals surface area contributed by atoms with Crippen LogP contribution in [-0.4, -0.2) is 50.2 Å². The zero-order valence-corrected chi connectivity index (χ0v) is 13.1. The Morgan fingerprint density at radius 3 is 2.20 bits per heavy atom. The molecule has 0 aromatic heterocycles. The van der Waals surface area contributed by atoms with Crippen molar-refractivity contribution in [2.24, 2.45) is 0 Å². The molecule has 3 nitrogen and oxygen atoms in total. The maximum atomic E-state index is 12.4. The molecule has 0 radical (unpaired) electrons. The van der Waals surface area contributed by atoms with Crippen LogP contribution >= 0.6 is 0 Å². The average molecular weight is 276 g/mol. The summed E-state index contributed by atoms with van der Waals surface area (Å²) in [7, 11) is 2.14. The summed E-state index contributed by atoms with van der Waals surface area (Å²) in [4.78, 5) is 12.4. The van der Waals surface area contributed by atoms with Crippen LogP contribution in [0.1, 0.15) is 36.7 Å². The highest BCUT2D eigenvalue weighted by molar-refractivity contribution is 5.97. The number of hydrogen-bond acceptors (Lipinski definition) is 2. The Bertz CT molecular complexity index is 465. The molecule has 20 heavy (non-hydrogen) atoms. The fourth-order valence-electron chi connectivity index (χ4n) is 2.54. The Labute approximate surface area is 122 Å². The molecule has 1 aliphatic rings. The van der Waals surface area contributed by atoms with E-state index in [-0.39, 0.29) is 11.2 Å². The summed E-state index contributed by atoms with van der Waals surface area (Å²) in [5.74, 6) is 0.231. The molecule has 2 rings (SSSR count). The quantitative estimate of drug-likeness (QED) is 0.626. The predicted octanol–water partition coefficient (Wildman–Crippen LogP) is 2.64. The van der Waals surface area contributed by atoms with Crippen LogP contribution in [0.5, 0.6) is 0 Å². The first kappa shape index (κ1) is 15.2. The zero-order chi connectivity index (χ0) is 14.8. The predicted molar refractivity (Wildman–Crippen MR) is 81.1 cm³/mol. The fraction of sp³-hybridized carbons (Fsp3) is 0.588. The smallest absolute Gasteiger partial charge is 0.216 e. The van der Waals surface area contributed by atoms with E-state index >= 15 is 0 Å². The molecular weight excluding hydrogens is 250 g/mol. The van der Waals surface area contributed by atoms with E-state index in [0.717, 1.165) is 36.3 Å². The van der Waals surface area contributed by atoms with Gasteiger partial charge in [0.1, 0.15) is 19.6 Å². The summed E-state index contributed by atoms with van der Waals surface area (Å²) >= 11 is 0. The van der Waals surface area contributed by atoms with Crippen LogP contribution in [-0.2, 0) is 10.2 Å². The number of quaternary nitrogens is 1. The normalized spacial score (nSPS) is 18.8. The van der Waals surface area contributed by atoms with Crippen LogP contribution < -0.4 is 0 Å². The summed E-state index contributed by atoms with van der Waals surface area (Å²) < 4.78 is 6.17. The van der Waals surface area contributed by atoms with Gasteiger partial charge in [-0.2, -0.15) is 0 Å². The molecule has 0 unspecified atom stereocenters. The average Bonchev–Trinajstić information content (AvgIpc) is 2.38. The topological polar surface area (TPSA) is 26.3 Å². The molecule has 0 atom stereocenters. The minimum atomic E-state index is 0.129. The first-order valence-electron chi connectivity index (χ1n) is 7.35. The van der Waals surface area contributed by atoms with Crippen molar-refractivity contribution in [3.63, 3.8) is 0 Å². The molecule has 0 amide bonds. The van der Waals surface area contributed by atoms with E-state index in [2.05, 4.69) is 40.0 Å². The SMILES string of the molecule is CC(C)(C)c1ccc(C(=O)C[N+]2(C)CCOCC2)cc1. The van der Waals surface area contributed by atoms with Gasteiger partial charge in [-0.25, -0.2) is 0 Å². The van der Waals surface area contributed by atoms with E-state index < -0.39 is 0 Å². The molecule has 3 heteroatoms. The number of morpholine rings is 1. The number of ketones is 1. The molecule has 0 bridgehead atoms. The number of nitrogens with zero attached hydrogens (tertiary/aromatic N) is 1. The first-order chi connectivity index (χ1) is 9.30. The van der Waals surface area contributed by atoms with Crippen molar-refractivity contribution in [1.82, 2.24) is 0 Å². The minimum Gasteiger partial charge on any atom is -0.370 e. The van der Waals surface area contributed by atoms with Crippen molar-refractivity contribution in [3.05, 3.63) is 35.4 Å². The van der Waals surface area contributed by atoms with E-state index in [4.69, 9.17) is 4.74 Å². The lowest BCUT2D eigenvalue weighted by atomic mass is 9.86. The van der Waals surface area contributed by atoms with Crippen molar-refractivity contribution >= 4 is 5.78 Å². The summed E-state index contributed by atoms with van der Waals surface area (Å²) in [6.45, 7) is 10.5. The summed E-state index contributed by atoms with van der Waals surface area (Å²) in [5.41, 5.74) is 2.22. The van der Waals surface area contributed by atoms with Gasteiger partial charge < -0.3 is 9.22 Å². The van der Waals surface area contributed by atoms with Gasteiger partial charge in [0.2, 0.25) is 5.78 Å². The van der Waals surface area contributed by atoms with Gasteiger partial charge in [-0.15, -0.1) is 0 Å². The highest BCUT2D eigenvalue weighted by Gasteiger charge is 2.28. The highest BCUT2D eigenvalue weighted by atomic mass is 16.5. The van der Waals surface area contributed by atoms with Crippen LogP contribution in [0.15, 0.2) is 24.3 Å². The summed E-state index contributed by atoms with van der Waals surface area (Å²) in [6, 6.07) is 8.09. The van der Waals surface area contributed by atoms with E-state index in [1.165, 1.54) is 5.56 Å². The van der Waals surface area contributed by atoms with Gasteiger partial charge in [-0.05, 0) is 11.0 Å². The number of ether oxygens (including phenoxy) is 1. The minimum absolute atomic E-state index is 0.129. The standard InChI is InChI=1S/C17H26NO2/c1-17(2,3)15-7-5-14(6-8-15)16(19)13-18(4)9-11-20-12-10-18/h5-8H,9-13H2,1-4H3/q+1. The third kappa shape index (κ3) is 3.68. The Balaban J connectivity index is 2.06. The molecule has 1 aromatic rings. The number of carbonyl (C=O) groups is 1. The molecule has 110 valence electrons. The molecule has 0 spiro atoms. The number of Topliss-reactive ketones (excluding diaryl/α,β-unsaturated/α-hetero) is 1. The second kappa shape index (κ2) is 5.66. The number of rotatable bonds is 3. The Hall–Kier alpha value is -1.19. The molecule has 1 aliphatic heterocycles. The first-order valence-corrected chi connectivity index (χ1v) is 7.35. The van der Waals surface area contributed by atoms with Crippen molar-refractivity contribution < 1.29 is 14.0 Å². The largest absolute Gasteiger partial charge is 0.370 e. The molecule has 0 N–H and O–H groups in total. The number of benzene rings is 1. The summed E-state index contributed by atoms with van der Waals surface area (Å²) in [6.07, 6.45) is 0. The van der Waals surface area contributed by atoms with Crippen LogP contribution in [0.4, 0.5) is 0 Å². The molecule has 0 saturated carbocycles. The van der Waals surface area contributed by atoms with Gasteiger partial charge in [0.25, 0.3) is 0 Å². The number of hydrogen-bond donors (Lipinski definition) is 0. The molecular formula is C17H26NO2+. The lowest BCUT2D eigenvalue weighted by Crippen LogP contribution is -2.54. The second-order valence-electron chi connectivity index (χ2n) is 7.09. The molecule has 1 saturated heterocycles. The monoisotopic (exact) mass is 276 g/mol. The lowest BCUT2D eigenvalue weighted by molar-refractivity contribution is -0.908. The highest BCUT2D eigenvalue weighted by Crippen LogP contribution is 2.22. The van der Waals surface area contributed by atoms with Crippen molar-refractivity contribution in [3.8, 4) is 0 Å². The maximum Gasteiger partial charge on any atom is 0.216 e. The lowest BCUT2D eigenvalue weighted by Gasteiger charge is -2.36. The van der Waals surface area contributed by atoms with Crippen LogP contribution in [0.2, 0.25) is 0 Å². The fourth-order valence-corrected chi connectivity index (χ4v) is 2.54. The Morgan fingerprint density at radius 1 is 1.15 bits per heavy atom. The third-order valence-corrected chi connectivity index (χ3v) is 4.15. The van der Waals surface area contributed by atoms with Gasteiger partial charge in [0.05, 0.1) is 20.3 Å². The van der Waals surface area contributed by atoms with Gasteiger partial charge in [0.15, 0.2) is 0 Å². The summed E-state index contributed by atoms with van der Waals surface area (Å²) in [5, 5.41) is 0. The molecule has 1 aromatic carbocycles. The van der Waals surface area contributed by atoms with Gasteiger partial charge in [-0.3, -0.25) is 4.79 Å². The van der Waals surface area contributed by atoms with Gasteiger partial charge >= 0.3 is 0 Å². The van der Waals surface area contributed by atoms with Gasteiger partial charge in [0, 0.05) is 5.56 Å². The Morgan fingerprint density at radius 2 is 1.70 bits per heavy atom. The number of likely N-dealkylation sites (N-methyl/N-ethyl adjacent to an activating group) is 1. The van der Waals surface area contributed by atoms with Crippen LogP contribution in [0.25, 0.3) is 0 Å². The van der Waals surface area contributed by atoms with E-state index in [0.29, 0.717) is 6.54 Å². The Kier molecular flexibility index (Phi) is 4.31. The van der Waals surface area contributed by atoms with Crippen LogP contribution in [0, 0.1) is 0 Å². The van der Waals surface area contributed by atoms with Crippen molar-refractivity contribution in [2.45, 2.75) is 26.2 Å². The zero-order valence-electron chi connectivity index (χ0n) is 13.1. The van der Waals surface area contributed by atoms with Crippen molar-refractivity contribution in [1.29, 1.82) is 0 Å². The molecule has 1 fully saturated rings. The van der Waals surface area contributed by atoms with E-state index in [1.807, 2.05) is 12.1 Å². The molecule has 0 aliphatic carbocycles. The molecule has 1 heterocycles. The third-order valence-electron chi connectivity index (χ3n) is 4.15. The maximum absolute atomic E-state index is 12.4. The second-order valence-corrected chi connectivity index (χ2v) is 7.09. The van der Waals surface area contributed by atoms with Gasteiger partial charge in [-0.1, -0.05) is 45.0 Å². The number of carbonyl (C=O) groups excluding carboxylic acids is 1. The van der Waals surface area contributed by atoms with E-state index in [1.54, 1.807) is 0 Å². The van der Waals surface area contributed by atoms with E-state index in [9.17, 15) is 4.79 Å².